The van der Waals surface area contributed by atoms with Gasteiger partial charge in [0.25, 0.3) is 0 Å². The van der Waals surface area contributed by atoms with Crippen LogP contribution in [0.25, 0.3) is 0 Å². The molecule has 0 saturated carbocycles. The fourth-order valence-electron chi connectivity index (χ4n) is 3.85. The molecule has 1 aliphatic rings. The summed E-state index contributed by atoms with van der Waals surface area (Å²) in [5.41, 5.74) is 2.80. The van der Waals surface area contributed by atoms with Crippen LogP contribution in [0.1, 0.15) is 48.9 Å². The van der Waals surface area contributed by atoms with Crippen LogP contribution in [0.2, 0.25) is 10.0 Å². The largest absolute Gasteiger partial charge is 0.349 e. The number of piperidine rings is 1. The van der Waals surface area contributed by atoms with Crippen LogP contribution in [0.4, 0.5) is 0 Å². The second kappa shape index (κ2) is 10.3. The smallest absolute Gasteiger partial charge is 0.224 e. The predicted octanol–water partition coefficient (Wildman–Crippen LogP) is 5.11. The van der Waals surface area contributed by atoms with Crippen molar-refractivity contribution in [1.29, 1.82) is 0 Å². The molecule has 0 radical (unpaired) electrons. The number of carbonyl (C=O) groups excluding carboxylic acids is 1. The molecule has 0 aliphatic carbocycles. The van der Waals surface area contributed by atoms with E-state index < -0.39 is 10.0 Å². The zero-order valence-corrected chi connectivity index (χ0v) is 20.1. The van der Waals surface area contributed by atoms with Gasteiger partial charge in [0.1, 0.15) is 0 Å². The molecule has 1 saturated heterocycles. The number of benzene rings is 2. The molecule has 0 bridgehead atoms. The van der Waals surface area contributed by atoms with Gasteiger partial charge in [-0.3, -0.25) is 4.79 Å². The Hall–Kier alpha value is -1.60. The minimum Gasteiger partial charge on any atom is -0.349 e. The van der Waals surface area contributed by atoms with Gasteiger partial charge in [0.05, 0.1) is 27.8 Å². The summed E-state index contributed by atoms with van der Waals surface area (Å²) in [6.07, 6.45) is 2.09. The number of nitrogens with zero attached hydrogens (tertiary/aromatic N) is 1. The molecule has 1 N–H and O–H groups in total. The van der Waals surface area contributed by atoms with E-state index in [1.165, 1.54) is 9.87 Å². The van der Waals surface area contributed by atoms with Crippen LogP contribution in [0, 0.1) is 12.8 Å². The van der Waals surface area contributed by atoms with Crippen LogP contribution in [-0.2, 0) is 20.6 Å². The van der Waals surface area contributed by atoms with E-state index in [2.05, 4.69) is 5.32 Å². The molecule has 2 aromatic rings. The zero-order valence-electron chi connectivity index (χ0n) is 17.8. The molecule has 0 unspecified atom stereocenters. The van der Waals surface area contributed by atoms with Crippen molar-refractivity contribution in [2.75, 3.05) is 13.1 Å². The summed E-state index contributed by atoms with van der Waals surface area (Å²) in [4.78, 5) is 13.0. The number of nitrogens with one attached hydrogen (secondary N) is 1. The SMILES string of the molecule is CC[C@@H](NC(=O)[C@H]1CCCN(S(=O)(=O)Cc2ccc(Cl)c(Cl)c2)C1)c1ccc(C)cc1. The lowest BCUT2D eigenvalue weighted by Gasteiger charge is -2.32. The number of halogens is 2. The van der Waals surface area contributed by atoms with Crippen molar-refractivity contribution in [2.24, 2.45) is 5.92 Å². The lowest BCUT2D eigenvalue weighted by Crippen LogP contribution is -2.46. The van der Waals surface area contributed by atoms with Crippen LogP contribution < -0.4 is 5.32 Å². The Morgan fingerprint density at radius 1 is 1.16 bits per heavy atom. The topological polar surface area (TPSA) is 66.5 Å². The molecule has 1 fully saturated rings. The highest BCUT2D eigenvalue weighted by molar-refractivity contribution is 7.88. The maximum Gasteiger partial charge on any atom is 0.224 e. The highest BCUT2D eigenvalue weighted by Gasteiger charge is 2.33. The van der Waals surface area contributed by atoms with E-state index in [9.17, 15) is 13.2 Å². The van der Waals surface area contributed by atoms with Gasteiger partial charge in [-0.05, 0) is 49.4 Å². The molecule has 5 nitrogen and oxygen atoms in total. The number of hydrogen-bond acceptors (Lipinski definition) is 3. The Morgan fingerprint density at radius 2 is 1.87 bits per heavy atom. The Bertz CT molecular complexity index is 1030. The third kappa shape index (κ3) is 6.22. The van der Waals surface area contributed by atoms with Crippen LogP contribution in [0.15, 0.2) is 42.5 Å². The van der Waals surface area contributed by atoms with E-state index in [-0.39, 0.29) is 30.2 Å². The summed E-state index contributed by atoms with van der Waals surface area (Å²) in [5.74, 6) is -0.627. The van der Waals surface area contributed by atoms with Crippen molar-refractivity contribution in [3.8, 4) is 0 Å². The molecule has 168 valence electrons. The van der Waals surface area contributed by atoms with Crippen LogP contribution in [0.3, 0.4) is 0 Å². The molecule has 2 aromatic carbocycles. The van der Waals surface area contributed by atoms with Gasteiger partial charge in [-0.15, -0.1) is 0 Å². The van der Waals surface area contributed by atoms with Gasteiger partial charge in [0.2, 0.25) is 15.9 Å². The van der Waals surface area contributed by atoms with E-state index in [1.807, 2.05) is 38.1 Å². The van der Waals surface area contributed by atoms with Gasteiger partial charge in [0, 0.05) is 13.1 Å². The molecule has 1 heterocycles. The molecule has 1 aliphatic heterocycles. The lowest BCUT2D eigenvalue weighted by molar-refractivity contribution is -0.126. The number of hydrogen-bond donors (Lipinski definition) is 1. The average Bonchev–Trinajstić information content (AvgIpc) is 2.75. The van der Waals surface area contributed by atoms with Gasteiger partial charge in [0.15, 0.2) is 0 Å². The Kier molecular flexibility index (Phi) is 8.03. The van der Waals surface area contributed by atoms with Crippen LogP contribution in [0.5, 0.6) is 0 Å². The fraction of sp³-hybridized carbons (Fsp3) is 0.435. The van der Waals surface area contributed by atoms with Crippen molar-refractivity contribution in [3.63, 3.8) is 0 Å². The highest BCUT2D eigenvalue weighted by Crippen LogP contribution is 2.27. The fourth-order valence-corrected chi connectivity index (χ4v) is 5.77. The number of rotatable bonds is 7. The monoisotopic (exact) mass is 482 g/mol. The van der Waals surface area contributed by atoms with Gasteiger partial charge in [-0.2, -0.15) is 0 Å². The number of sulfonamides is 1. The standard InChI is InChI=1S/C23H28Cl2N2O3S/c1-3-22(18-9-6-16(2)7-10-18)26-23(28)19-5-4-12-27(14-19)31(29,30)15-17-8-11-20(24)21(25)13-17/h6-11,13,19,22H,3-5,12,14-15H2,1-2H3,(H,26,28)/t19-,22+/m0/s1. The first-order valence-corrected chi connectivity index (χ1v) is 12.8. The van der Waals surface area contributed by atoms with Gasteiger partial charge >= 0.3 is 0 Å². The first-order valence-electron chi connectivity index (χ1n) is 10.5. The van der Waals surface area contributed by atoms with Crippen molar-refractivity contribution in [2.45, 2.75) is 44.9 Å². The Morgan fingerprint density at radius 3 is 2.52 bits per heavy atom. The molecule has 8 heteroatoms. The molecule has 3 rings (SSSR count). The van der Waals surface area contributed by atoms with E-state index in [0.29, 0.717) is 35.0 Å². The maximum atomic E-state index is 13.0. The van der Waals surface area contributed by atoms with Gasteiger partial charge in [-0.1, -0.05) is 66.0 Å². The summed E-state index contributed by atoms with van der Waals surface area (Å²) in [5, 5.41) is 3.83. The number of aryl methyl sites for hydroxylation is 1. The molecule has 0 spiro atoms. The molecular weight excluding hydrogens is 455 g/mol. The van der Waals surface area contributed by atoms with Gasteiger partial charge in [-0.25, -0.2) is 12.7 Å². The van der Waals surface area contributed by atoms with E-state index >= 15 is 0 Å². The van der Waals surface area contributed by atoms with E-state index in [1.54, 1.807) is 18.2 Å². The molecule has 2 atom stereocenters. The normalized spacial score (nSPS) is 18.5. The third-order valence-corrected chi connectivity index (χ3v) is 8.24. The van der Waals surface area contributed by atoms with Crippen molar-refractivity contribution < 1.29 is 13.2 Å². The van der Waals surface area contributed by atoms with Crippen molar-refractivity contribution >= 4 is 39.1 Å². The highest BCUT2D eigenvalue weighted by atomic mass is 35.5. The maximum absolute atomic E-state index is 13.0. The van der Waals surface area contributed by atoms with E-state index in [4.69, 9.17) is 23.2 Å². The summed E-state index contributed by atoms with van der Waals surface area (Å²) >= 11 is 11.9. The van der Waals surface area contributed by atoms with Crippen LogP contribution in [-0.4, -0.2) is 31.7 Å². The minimum absolute atomic E-state index is 0.0868. The molecule has 1 amide bonds. The third-order valence-electron chi connectivity index (χ3n) is 5.69. The summed E-state index contributed by atoms with van der Waals surface area (Å²) < 4.78 is 27.4. The van der Waals surface area contributed by atoms with Gasteiger partial charge < -0.3 is 5.32 Å². The molecule has 31 heavy (non-hydrogen) atoms. The minimum atomic E-state index is -3.57. The molecule has 0 aromatic heterocycles. The number of carbonyl (C=O) groups is 1. The Balaban J connectivity index is 1.66. The lowest BCUT2D eigenvalue weighted by atomic mass is 9.97. The average molecular weight is 483 g/mol. The molecular formula is C23H28Cl2N2O3S. The summed E-state index contributed by atoms with van der Waals surface area (Å²) in [6, 6.07) is 12.9. The summed E-state index contributed by atoms with van der Waals surface area (Å²) in [6.45, 7) is 4.67. The summed E-state index contributed by atoms with van der Waals surface area (Å²) in [7, 11) is -3.57. The zero-order chi connectivity index (χ0) is 22.6. The first kappa shape index (κ1) is 24.1. The quantitative estimate of drug-likeness (QED) is 0.595. The predicted molar refractivity (Wildman–Crippen MR) is 126 cm³/mol. The van der Waals surface area contributed by atoms with Crippen LogP contribution >= 0.6 is 23.2 Å². The second-order valence-corrected chi connectivity index (χ2v) is 10.9. The van der Waals surface area contributed by atoms with Crippen molar-refractivity contribution in [3.05, 3.63) is 69.2 Å². The Labute approximate surface area is 194 Å². The van der Waals surface area contributed by atoms with E-state index in [0.717, 1.165) is 12.0 Å². The number of amides is 1. The van der Waals surface area contributed by atoms with Crippen molar-refractivity contribution in [1.82, 2.24) is 9.62 Å². The second-order valence-electron chi connectivity index (χ2n) is 8.08. The first-order chi connectivity index (χ1) is 14.7.